The maximum atomic E-state index is 3.64. The van der Waals surface area contributed by atoms with Gasteiger partial charge in [-0.25, -0.2) is 0 Å². The van der Waals surface area contributed by atoms with Crippen LogP contribution in [0.15, 0.2) is 48.6 Å². The lowest BCUT2D eigenvalue weighted by Crippen LogP contribution is -2.57. The lowest BCUT2D eigenvalue weighted by atomic mass is 9.83. The number of allylic oxidation sites excluding steroid dienone is 8. The zero-order valence-electron chi connectivity index (χ0n) is 13.9. The van der Waals surface area contributed by atoms with Gasteiger partial charge < -0.3 is 9.88 Å². The number of nitrogens with one attached hydrogen (secondary N) is 1. The predicted octanol–water partition coefficient (Wildman–Crippen LogP) is 3.54. The molecule has 3 heteroatoms. The van der Waals surface area contributed by atoms with E-state index >= 15 is 0 Å². The van der Waals surface area contributed by atoms with Crippen molar-refractivity contribution in [2.24, 2.45) is 23.7 Å². The van der Waals surface area contributed by atoms with E-state index in [1.54, 1.807) is 0 Å². The van der Waals surface area contributed by atoms with Gasteiger partial charge in [-0.05, 0) is 36.1 Å². The van der Waals surface area contributed by atoms with Crippen molar-refractivity contribution in [1.82, 2.24) is 9.88 Å². The summed E-state index contributed by atoms with van der Waals surface area (Å²) in [6.45, 7) is 9.94. The molecule has 0 aromatic carbocycles. The quantitative estimate of drug-likeness (QED) is 0.785. The van der Waals surface area contributed by atoms with Crippen LogP contribution in [-0.4, -0.2) is 32.1 Å². The van der Waals surface area contributed by atoms with Gasteiger partial charge in [-0.15, -0.1) is 0 Å². The largest absolute Gasteiger partial charge is 0.308 e. The molecule has 0 amide bonds. The second-order valence-corrected chi connectivity index (χ2v) is 12.4. The highest BCUT2D eigenvalue weighted by molar-refractivity contribution is 6.76. The fraction of sp³-hybridized carbons (Fsp3) is 0.579. The number of hydrogen-bond donors (Lipinski definition) is 1. The van der Waals surface area contributed by atoms with Crippen LogP contribution in [-0.2, 0) is 0 Å². The van der Waals surface area contributed by atoms with Crippen LogP contribution in [0, 0.1) is 23.7 Å². The maximum absolute atomic E-state index is 3.64. The number of hydrogen-bond acceptors (Lipinski definition) is 2. The number of nitrogens with zero attached hydrogens (tertiary/aromatic N) is 1. The van der Waals surface area contributed by atoms with Gasteiger partial charge in [0.05, 0.1) is 6.17 Å². The molecular formula is C19H28N2Si. The molecule has 4 rings (SSSR count). The van der Waals surface area contributed by atoms with Crippen molar-refractivity contribution in [2.45, 2.75) is 31.7 Å². The molecule has 3 aliphatic carbocycles. The van der Waals surface area contributed by atoms with E-state index in [0.717, 1.165) is 23.9 Å². The second-order valence-electron chi connectivity index (χ2n) is 7.85. The van der Waals surface area contributed by atoms with E-state index in [0.29, 0.717) is 18.0 Å². The van der Waals surface area contributed by atoms with Crippen LogP contribution in [0.4, 0.5) is 0 Å². The van der Waals surface area contributed by atoms with Crippen molar-refractivity contribution in [2.75, 3.05) is 13.1 Å². The fourth-order valence-electron chi connectivity index (χ4n) is 5.65. The molecule has 1 saturated heterocycles. The minimum absolute atomic E-state index is 0.547. The average molecular weight is 313 g/mol. The van der Waals surface area contributed by atoms with Crippen molar-refractivity contribution in [3.8, 4) is 0 Å². The molecule has 0 spiro atoms. The molecule has 5 atom stereocenters. The fourth-order valence-corrected chi connectivity index (χ4v) is 10.4. The zero-order chi connectivity index (χ0) is 15.3. The Bertz CT molecular complexity index is 526. The molecule has 1 heterocycles. The highest BCUT2D eigenvalue weighted by Gasteiger charge is 2.56. The Morgan fingerprint density at radius 3 is 1.82 bits per heavy atom. The molecule has 0 radical (unpaired) electrons. The Morgan fingerprint density at radius 1 is 0.864 bits per heavy atom. The monoisotopic (exact) mass is 312 g/mol. The van der Waals surface area contributed by atoms with Gasteiger partial charge in [0.1, 0.15) is 8.24 Å². The summed E-state index contributed by atoms with van der Waals surface area (Å²) in [7, 11) is -1.52. The molecule has 0 aromatic heterocycles. The van der Waals surface area contributed by atoms with Crippen molar-refractivity contribution >= 4 is 8.24 Å². The maximum Gasteiger partial charge on any atom is 0.128 e. The topological polar surface area (TPSA) is 15.3 Å². The van der Waals surface area contributed by atoms with E-state index < -0.39 is 8.24 Å². The van der Waals surface area contributed by atoms with Gasteiger partial charge in [0.2, 0.25) is 0 Å². The van der Waals surface area contributed by atoms with Crippen LogP contribution in [0.2, 0.25) is 18.6 Å². The lowest BCUT2D eigenvalue weighted by molar-refractivity contribution is 0.372. The van der Waals surface area contributed by atoms with Crippen LogP contribution in [0.5, 0.6) is 0 Å². The molecular weight excluding hydrogens is 284 g/mol. The van der Waals surface area contributed by atoms with Gasteiger partial charge in [-0.2, -0.15) is 0 Å². The summed E-state index contributed by atoms with van der Waals surface area (Å²) in [5, 5.41) is 3.64. The molecule has 118 valence electrons. The molecule has 2 nitrogen and oxygen atoms in total. The molecule has 2 fully saturated rings. The van der Waals surface area contributed by atoms with Gasteiger partial charge in [-0.3, -0.25) is 0 Å². The molecule has 1 N–H and O–H groups in total. The second kappa shape index (κ2) is 5.33. The predicted molar refractivity (Wildman–Crippen MR) is 95.9 cm³/mol. The van der Waals surface area contributed by atoms with E-state index in [-0.39, 0.29) is 0 Å². The third-order valence-electron chi connectivity index (χ3n) is 6.53. The van der Waals surface area contributed by atoms with Gasteiger partial charge in [0, 0.05) is 13.1 Å². The normalized spacial score (nSPS) is 43.6. The summed E-state index contributed by atoms with van der Waals surface area (Å²) in [5.41, 5.74) is 0.812. The highest BCUT2D eigenvalue weighted by Crippen LogP contribution is 2.58. The minimum Gasteiger partial charge on any atom is -0.308 e. The Morgan fingerprint density at radius 2 is 1.36 bits per heavy atom. The summed E-state index contributed by atoms with van der Waals surface area (Å²) in [6.07, 6.45) is 19.6. The van der Waals surface area contributed by atoms with Crippen LogP contribution in [0.1, 0.15) is 6.92 Å². The standard InChI is InChI=1S/C19H28N2Si/c1-14-20-12-13-21(14)22(2,3)19-17-10-6-4-8-15(17)16-9-5-7-11-18(16)19/h4-11,14-20H,12-13H2,1-3H3/t14-,15?,16?,17?,18?,19?/m0/s1. The Labute approximate surface area is 135 Å². The van der Waals surface area contributed by atoms with E-state index in [1.807, 2.05) is 0 Å². The third kappa shape index (κ3) is 2.06. The smallest absolute Gasteiger partial charge is 0.128 e. The first-order valence-corrected chi connectivity index (χ1v) is 11.8. The highest BCUT2D eigenvalue weighted by atomic mass is 28.3. The summed E-state index contributed by atoms with van der Waals surface area (Å²) < 4.78 is 2.83. The van der Waals surface area contributed by atoms with E-state index in [4.69, 9.17) is 0 Å². The van der Waals surface area contributed by atoms with E-state index in [1.165, 1.54) is 6.54 Å². The van der Waals surface area contributed by atoms with E-state index in [2.05, 4.69) is 78.5 Å². The lowest BCUT2D eigenvalue weighted by Gasteiger charge is -2.45. The molecule has 22 heavy (non-hydrogen) atoms. The molecule has 0 bridgehead atoms. The molecule has 1 saturated carbocycles. The first kappa shape index (κ1) is 14.7. The average Bonchev–Trinajstić information content (AvgIpc) is 3.09. The zero-order valence-corrected chi connectivity index (χ0v) is 14.9. The van der Waals surface area contributed by atoms with Crippen LogP contribution >= 0.6 is 0 Å². The van der Waals surface area contributed by atoms with Crippen molar-refractivity contribution < 1.29 is 0 Å². The first-order valence-electron chi connectivity index (χ1n) is 8.81. The summed E-state index contributed by atoms with van der Waals surface area (Å²) in [6, 6.07) is 0. The van der Waals surface area contributed by atoms with Crippen molar-refractivity contribution in [3.05, 3.63) is 48.6 Å². The minimum atomic E-state index is -1.52. The Balaban J connectivity index is 1.72. The van der Waals surface area contributed by atoms with Gasteiger partial charge >= 0.3 is 0 Å². The van der Waals surface area contributed by atoms with Gasteiger partial charge in [-0.1, -0.05) is 61.7 Å². The van der Waals surface area contributed by atoms with Crippen molar-refractivity contribution in [1.29, 1.82) is 0 Å². The third-order valence-corrected chi connectivity index (χ3v) is 11.0. The Hall–Kier alpha value is -0.903. The SMILES string of the molecule is C[C@H]1NCCN1[Si](C)(C)C1C2C=CC=CC2C2C=CC=CC21. The van der Waals surface area contributed by atoms with Gasteiger partial charge in [0.25, 0.3) is 0 Å². The van der Waals surface area contributed by atoms with E-state index in [9.17, 15) is 0 Å². The first-order chi connectivity index (χ1) is 10.6. The van der Waals surface area contributed by atoms with Crippen LogP contribution in [0.25, 0.3) is 0 Å². The van der Waals surface area contributed by atoms with Gasteiger partial charge in [0.15, 0.2) is 0 Å². The Kier molecular flexibility index (Phi) is 3.55. The number of rotatable bonds is 2. The summed E-state index contributed by atoms with van der Waals surface area (Å²) in [4.78, 5) is 0. The van der Waals surface area contributed by atoms with Crippen LogP contribution < -0.4 is 5.32 Å². The molecule has 4 aliphatic rings. The molecule has 4 unspecified atom stereocenters. The number of fused-ring (bicyclic) bond motifs is 3. The summed E-state index contributed by atoms with van der Waals surface area (Å²) in [5.74, 6) is 2.86. The summed E-state index contributed by atoms with van der Waals surface area (Å²) >= 11 is 0. The molecule has 0 aromatic rings. The van der Waals surface area contributed by atoms with Crippen molar-refractivity contribution in [3.63, 3.8) is 0 Å². The molecule has 1 aliphatic heterocycles. The van der Waals surface area contributed by atoms with Crippen LogP contribution in [0.3, 0.4) is 0 Å².